The first-order valence-corrected chi connectivity index (χ1v) is 7.10. The van der Waals surface area contributed by atoms with Crippen LogP contribution in [0.2, 0.25) is 0 Å². The summed E-state index contributed by atoms with van der Waals surface area (Å²) in [6.45, 7) is 2.05. The summed E-state index contributed by atoms with van der Waals surface area (Å²) in [6, 6.07) is 1.65. The van der Waals surface area contributed by atoms with E-state index in [9.17, 15) is 4.79 Å². The van der Waals surface area contributed by atoms with Crippen LogP contribution in [0.3, 0.4) is 0 Å². The van der Waals surface area contributed by atoms with Gasteiger partial charge in [-0.2, -0.15) is 0 Å². The number of rotatable bonds is 2. The first kappa shape index (κ1) is 11.4. The van der Waals surface area contributed by atoms with E-state index < -0.39 is 12.0 Å². The van der Waals surface area contributed by atoms with E-state index >= 15 is 0 Å². The third-order valence-electron chi connectivity index (χ3n) is 2.21. The Balaban J connectivity index is 2.11. The van der Waals surface area contributed by atoms with Crippen LogP contribution in [0.25, 0.3) is 0 Å². The van der Waals surface area contributed by atoms with Gasteiger partial charge in [0.15, 0.2) is 0 Å². The lowest BCUT2D eigenvalue weighted by Gasteiger charge is -2.07. The number of carbonyl (C=O) groups is 1. The van der Waals surface area contributed by atoms with Crippen LogP contribution >= 0.6 is 39.0 Å². The molecule has 1 aromatic heterocycles. The number of aryl methyl sites for hydroxylation is 1. The molecular weight excluding hydrogens is 298 g/mol. The van der Waals surface area contributed by atoms with Crippen molar-refractivity contribution in [1.82, 2.24) is 5.32 Å². The van der Waals surface area contributed by atoms with Crippen molar-refractivity contribution in [3.05, 3.63) is 20.3 Å². The molecule has 2 rings (SSSR count). The fraction of sp³-hybridized carbons (Fsp3) is 0.444. The number of aliphatic carboxylic acids is 1. The molecule has 82 valence electrons. The Bertz CT molecular complexity index is 374. The van der Waals surface area contributed by atoms with E-state index in [1.165, 1.54) is 9.75 Å². The molecule has 0 aliphatic carbocycles. The number of carboxylic acids is 1. The molecule has 0 aromatic carbocycles. The summed E-state index contributed by atoms with van der Waals surface area (Å²) in [5.74, 6) is -0.133. The van der Waals surface area contributed by atoms with E-state index in [1.807, 2.05) is 6.92 Å². The minimum Gasteiger partial charge on any atom is -0.480 e. The standard InChI is InChI=1S/C9H10BrNO2S2/c1-4-5(10)2-7(15-4)8-11-6(3-14-8)9(12)13/h2,6,8,11H,3H2,1H3,(H,12,13)/t6-,8?/m1/s1. The maximum Gasteiger partial charge on any atom is 0.321 e. The number of thiophene rings is 1. The first-order valence-electron chi connectivity index (χ1n) is 4.44. The molecule has 15 heavy (non-hydrogen) atoms. The second-order valence-electron chi connectivity index (χ2n) is 3.32. The average Bonchev–Trinajstić information content (AvgIpc) is 2.74. The Morgan fingerprint density at radius 3 is 2.93 bits per heavy atom. The van der Waals surface area contributed by atoms with Crippen molar-refractivity contribution in [2.75, 3.05) is 5.75 Å². The number of thioether (sulfide) groups is 1. The summed E-state index contributed by atoms with van der Waals surface area (Å²) < 4.78 is 1.10. The molecule has 1 saturated heterocycles. The number of carboxylic acid groups (broad SMARTS) is 1. The summed E-state index contributed by atoms with van der Waals surface area (Å²) in [7, 11) is 0. The van der Waals surface area contributed by atoms with E-state index in [-0.39, 0.29) is 5.37 Å². The Morgan fingerprint density at radius 2 is 2.47 bits per heavy atom. The van der Waals surface area contributed by atoms with Crippen molar-refractivity contribution in [1.29, 1.82) is 0 Å². The molecule has 0 bridgehead atoms. The van der Waals surface area contributed by atoms with Crippen molar-refractivity contribution >= 4 is 45.0 Å². The van der Waals surface area contributed by atoms with Crippen LogP contribution in [0.4, 0.5) is 0 Å². The monoisotopic (exact) mass is 307 g/mol. The summed E-state index contributed by atoms with van der Waals surface area (Å²) in [4.78, 5) is 13.2. The minimum atomic E-state index is -0.766. The molecule has 1 unspecified atom stereocenters. The largest absolute Gasteiger partial charge is 0.480 e. The minimum absolute atomic E-state index is 0.126. The van der Waals surface area contributed by atoms with Gasteiger partial charge < -0.3 is 5.11 Å². The molecule has 1 aliphatic heterocycles. The van der Waals surface area contributed by atoms with E-state index in [4.69, 9.17) is 5.11 Å². The normalized spacial score (nSPS) is 25.7. The summed E-state index contributed by atoms with van der Waals surface area (Å²) in [5, 5.41) is 12.1. The second-order valence-corrected chi connectivity index (χ2v) is 6.60. The lowest BCUT2D eigenvalue weighted by atomic mass is 10.3. The molecule has 0 saturated carbocycles. The second kappa shape index (κ2) is 4.45. The lowest BCUT2D eigenvalue weighted by molar-refractivity contribution is -0.138. The number of hydrogen-bond acceptors (Lipinski definition) is 4. The summed E-state index contributed by atoms with van der Waals surface area (Å²) >= 11 is 6.82. The van der Waals surface area contributed by atoms with Crippen molar-refractivity contribution < 1.29 is 9.90 Å². The molecule has 3 nitrogen and oxygen atoms in total. The molecule has 6 heteroatoms. The van der Waals surface area contributed by atoms with Gasteiger partial charge in [-0.15, -0.1) is 23.1 Å². The van der Waals surface area contributed by atoms with Gasteiger partial charge in [0.05, 0.1) is 5.37 Å². The highest BCUT2D eigenvalue weighted by Gasteiger charge is 2.31. The fourth-order valence-electron chi connectivity index (χ4n) is 1.39. The van der Waals surface area contributed by atoms with Gasteiger partial charge in [0.25, 0.3) is 0 Å². The zero-order valence-corrected chi connectivity index (χ0v) is 11.2. The Morgan fingerprint density at radius 1 is 1.73 bits per heavy atom. The average molecular weight is 308 g/mol. The van der Waals surface area contributed by atoms with Crippen LogP contribution in [0, 0.1) is 6.92 Å². The molecule has 0 amide bonds. The van der Waals surface area contributed by atoms with E-state index in [0.717, 1.165) is 4.47 Å². The van der Waals surface area contributed by atoms with Crippen molar-refractivity contribution in [3.8, 4) is 0 Å². The van der Waals surface area contributed by atoms with Crippen LogP contribution in [0.1, 0.15) is 15.1 Å². The molecule has 1 fully saturated rings. The predicted molar refractivity (Wildman–Crippen MR) is 66.5 cm³/mol. The maximum absolute atomic E-state index is 10.8. The van der Waals surface area contributed by atoms with Crippen LogP contribution in [0.15, 0.2) is 10.5 Å². The lowest BCUT2D eigenvalue weighted by Crippen LogP contribution is -2.33. The Hall–Kier alpha value is -0.0400. The van der Waals surface area contributed by atoms with Crippen LogP contribution in [-0.4, -0.2) is 22.9 Å². The highest BCUT2D eigenvalue weighted by Crippen LogP contribution is 2.39. The molecule has 2 atom stereocenters. The molecule has 1 aliphatic rings. The zero-order chi connectivity index (χ0) is 11.0. The summed E-state index contributed by atoms with van der Waals surface area (Å²) in [6.07, 6.45) is 0. The smallest absolute Gasteiger partial charge is 0.321 e. The SMILES string of the molecule is Cc1sc(C2N[C@@H](C(=O)O)CS2)cc1Br. The van der Waals surface area contributed by atoms with Crippen LogP contribution < -0.4 is 5.32 Å². The van der Waals surface area contributed by atoms with Gasteiger partial charge in [0, 0.05) is 20.0 Å². The van der Waals surface area contributed by atoms with Crippen LogP contribution in [0.5, 0.6) is 0 Å². The maximum atomic E-state index is 10.8. The van der Waals surface area contributed by atoms with Gasteiger partial charge in [-0.05, 0) is 28.9 Å². The van der Waals surface area contributed by atoms with Gasteiger partial charge in [0.2, 0.25) is 0 Å². The van der Waals surface area contributed by atoms with Crippen LogP contribution in [-0.2, 0) is 4.79 Å². The van der Waals surface area contributed by atoms with Gasteiger partial charge in [-0.1, -0.05) is 0 Å². The molecule has 2 heterocycles. The third kappa shape index (κ3) is 2.38. The van der Waals surface area contributed by atoms with Gasteiger partial charge in [-0.25, -0.2) is 0 Å². The first-order chi connectivity index (χ1) is 7.08. The number of hydrogen-bond donors (Lipinski definition) is 2. The molecule has 0 spiro atoms. The Kier molecular flexibility index (Phi) is 3.39. The molecule has 2 N–H and O–H groups in total. The number of nitrogens with one attached hydrogen (secondary N) is 1. The highest BCUT2D eigenvalue weighted by molar-refractivity contribution is 9.10. The molecule has 1 aromatic rings. The number of halogens is 1. The van der Waals surface area contributed by atoms with Crippen molar-refractivity contribution in [2.24, 2.45) is 0 Å². The predicted octanol–water partition coefficient (Wildman–Crippen LogP) is 2.61. The van der Waals surface area contributed by atoms with Gasteiger partial charge in [0.1, 0.15) is 6.04 Å². The van der Waals surface area contributed by atoms with Crippen molar-refractivity contribution in [3.63, 3.8) is 0 Å². The quantitative estimate of drug-likeness (QED) is 0.882. The highest BCUT2D eigenvalue weighted by atomic mass is 79.9. The van der Waals surface area contributed by atoms with Gasteiger partial charge >= 0.3 is 5.97 Å². The third-order valence-corrected chi connectivity index (χ3v) is 5.81. The molecule has 0 radical (unpaired) electrons. The van der Waals surface area contributed by atoms with Crippen molar-refractivity contribution in [2.45, 2.75) is 18.3 Å². The van der Waals surface area contributed by atoms with Gasteiger partial charge in [-0.3, -0.25) is 10.1 Å². The fourth-order valence-corrected chi connectivity index (χ4v) is 4.36. The van der Waals surface area contributed by atoms with E-state index in [2.05, 4.69) is 27.3 Å². The Labute approximate surface area is 104 Å². The van der Waals surface area contributed by atoms with E-state index in [0.29, 0.717) is 5.75 Å². The topological polar surface area (TPSA) is 49.3 Å². The zero-order valence-electron chi connectivity index (χ0n) is 7.99. The summed E-state index contributed by atoms with van der Waals surface area (Å²) in [5.41, 5.74) is 0. The molecular formula is C9H10BrNO2S2. The van der Waals surface area contributed by atoms with E-state index in [1.54, 1.807) is 23.1 Å².